The van der Waals surface area contributed by atoms with Crippen molar-refractivity contribution in [1.82, 2.24) is 14.9 Å². The first-order chi connectivity index (χ1) is 20.5. The monoisotopic (exact) mass is 590 g/mol. The SMILES string of the molecule is COCCOc1ccc(Nc2ncc(S(C)=O)c(Nc3cccc(NC(=O)/C=C/CN4CCC5CC5CC4)c3)n2)cc1. The fraction of sp³-hybridized carbons (Fsp3) is 0.387. The van der Waals surface area contributed by atoms with E-state index in [0.717, 1.165) is 42.9 Å². The molecule has 1 aromatic heterocycles. The summed E-state index contributed by atoms with van der Waals surface area (Å²) in [4.78, 5) is 24.4. The zero-order valence-corrected chi connectivity index (χ0v) is 24.9. The highest BCUT2D eigenvalue weighted by atomic mass is 32.2. The molecule has 2 heterocycles. The van der Waals surface area contributed by atoms with Crippen molar-refractivity contribution < 1.29 is 18.5 Å². The van der Waals surface area contributed by atoms with E-state index in [1.807, 2.05) is 54.6 Å². The summed E-state index contributed by atoms with van der Waals surface area (Å²) in [5.74, 6) is 3.18. The predicted octanol–water partition coefficient (Wildman–Crippen LogP) is 4.95. The number of benzene rings is 2. The Morgan fingerprint density at radius 2 is 1.81 bits per heavy atom. The van der Waals surface area contributed by atoms with Gasteiger partial charge < -0.3 is 25.4 Å². The number of anilines is 5. The zero-order chi connectivity index (χ0) is 29.3. The molecule has 1 aliphatic carbocycles. The second kappa shape index (κ2) is 14.4. The number of hydrogen-bond acceptors (Lipinski definition) is 9. The van der Waals surface area contributed by atoms with Crippen LogP contribution in [0.15, 0.2) is 71.8 Å². The predicted molar refractivity (Wildman–Crippen MR) is 166 cm³/mol. The van der Waals surface area contributed by atoms with Crippen molar-refractivity contribution in [2.45, 2.75) is 24.2 Å². The van der Waals surface area contributed by atoms with Crippen LogP contribution in [-0.2, 0) is 20.3 Å². The van der Waals surface area contributed by atoms with E-state index in [1.165, 1.54) is 19.3 Å². The molecule has 1 saturated heterocycles. The molecule has 0 bridgehead atoms. The van der Waals surface area contributed by atoms with Crippen LogP contribution in [0.5, 0.6) is 5.75 Å². The summed E-state index contributed by atoms with van der Waals surface area (Å²) in [5, 5.41) is 9.34. The van der Waals surface area contributed by atoms with Gasteiger partial charge in [0.1, 0.15) is 12.4 Å². The molecule has 1 amide bonds. The fourth-order valence-corrected chi connectivity index (χ4v) is 5.62. The molecule has 3 unspecified atom stereocenters. The Bertz CT molecular complexity index is 1400. The number of rotatable bonds is 13. The van der Waals surface area contributed by atoms with Gasteiger partial charge in [0.05, 0.1) is 28.5 Å². The summed E-state index contributed by atoms with van der Waals surface area (Å²) >= 11 is 0. The summed E-state index contributed by atoms with van der Waals surface area (Å²) in [6.45, 7) is 4.00. The van der Waals surface area contributed by atoms with E-state index < -0.39 is 10.8 Å². The quantitative estimate of drug-likeness (QED) is 0.188. The highest BCUT2D eigenvalue weighted by Gasteiger charge is 2.38. The van der Waals surface area contributed by atoms with Crippen molar-refractivity contribution in [3.63, 3.8) is 0 Å². The smallest absolute Gasteiger partial charge is 0.248 e. The van der Waals surface area contributed by atoms with Crippen LogP contribution in [0.3, 0.4) is 0 Å². The summed E-state index contributed by atoms with van der Waals surface area (Å²) in [6, 6.07) is 14.7. The van der Waals surface area contributed by atoms with Crippen molar-refractivity contribution in [2.24, 2.45) is 11.8 Å². The van der Waals surface area contributed by atoms with Gasteiger partial charge in [-0.2, -0.15) is 4.98 Å². The van der Waals surface area contributed by atoms with Crippen LogP contribution in [0.2, 0.25) is 0 Å². The lowest BCUT2D eigenvalue weighted by Gasteiger charge is -2.18. The van der Waals surface area contributed by atoms with E-state index >= 15 is 0 Å². The Hall–Kier alpha value is -3.80. The van der Waals surface area contributed by atoms with Crippen LogP contribution < -0.4 is 20.7 Å². The van der Waals surface area contributed by atoms with Gasteiger partial charge in [-0.1, -0.05) is 12.1 Å². The molecule has 1 saturated carbocycles. The molecule has 42 heavy (non-hydrogen) atoms. The first-order valence-corrected chi connectivity index (χ1v) is 15.8. The number of nitrogens with zero attached hydrogens (tertiary/aromatic N) is 3. The van der Waals surface area contributed by atoms with Crippen molar-refractivity contribution in [3.8, 4) is 5.75 Å². The zero-order valence-electron chi connectivity index (χ0n) is 24.0. The number of methoxy groups -OCH3 is 1. The molecule has 222 valence electrons. The minimum absolute atomic E-state index is 0.177. The number of carbonyl (C=O) groups is 1. The molecule has 11 heteroatoms. The molecule has 3 aromatic rings. The number of likely N-dealkylation sites (tertiary alicyclic amines) is 1. The molecule has 2 aliphatic rings. The Balaban J connectivity index is 1.19. The lowest BCUT2D eigenvalue weighted by Crippen LogP contribution is -2.25. The first kappa shape index (κ1) is 29.7. The van der Waals surface area contributed by atoms with Gasteiger partial charge in [-0.15, -0.1) is 0 Å². The van der Waals surface area contributed by atoms with E-state index in [4.69, 9.17) is 9.47 Å². The maximum Gasteiger partial charge on any atom is 0.248 e. The van der Waals surface area contributed by atoms with E-state index in [9.17, 15) is 9.00 Å². The summed E-state index contributed by atoms with van der Waals surface area (Å²) < 4.78 is 23.0. The molecule has 2 aromatic carbocycles. The Kier molecular flexibility index (Phi) is 10.2. The van der Waals surface area contributed by atoms with Crippen molar-refractivity contribution in [2.75, 3.05) is 62.2 Å². The minimum atomic E-state index is -1.32. The molecular weight excluding hydrogens is 552 g/mol. The number of carbonyl (C=O) groups excluding carboxylic acids is 1. The average molecular weight is 591 g/mol. The standard InChI is InChI=1S/C31H38N6O4S/c1-40-17-18-41-27-10-8-24(9-11-27)35-31-32-21-28(42(2)39)30(36-31)34-26-6-3-5-25(20-26)33-29(38)7-4-14-37-15-12-22-19-23(22)13-16-37/h3-11,20-23H,12-19H2,1-2H3,(H,33,38)(H2,32,34,35,36)/b7-4+. The summed E-state index contributed by atoms with van der Waals surface area (Å²) in [5.41, 5.74) is 2.10. The second-order valence-corrected chi connectivity index (χ2v) is 11.9. The molecule has 2 fully saturated rings. The minimum Gasteiger partial charge on any atom is -0.491 e. The maximum atomic E-state index is 12.6. The molecule has 0 radical (unpaired) electrons. The van der Waals surface area contributed by atoms with Crippen LogP contribution in [-0.4, -0.2) is 71.2 Å². The largest absolute Gasteiger partial charge is 0.491 e. The number of aromatic nitrogens is 2. The normalized spacial score (nSPS) is 19.0. The van der Waals surface area contributed by atoms with E-state index in [0.29, 0.717) is 41.3 Å². The Morgan fingerprint density at radius 1 is 1.05 bits per heavy atom. The van der Waals surface area contributed by atoms with Crippen LogP contribution in [0.1, 0.15) is 19.3 Å². The number of fused-ring (bicyclic) bond motifs is 1. The second-order valence-electron chi connectivity index (χ2n) is 10.6. The van der Waals surface area contributed by atoms with Crippen LogP contribution >= 0.6 is 0 Å². The van der Waals surface area contributed by atoms with Gasteiger partial charge in [-0.05, 0) is 86.7 Å². The fourth-order valence-electron chi connectivity index (χ4n) is 5.05. The molecule has 5 rings (SSSR count). The van der Waals surface area contributed by atoms with Crippen LogP contribution in [0, 0.1) is 11.8 Å². The van der Waals surface area contributed by atoms with Crippen LogP contribution in [0.4, 0.5) is 28.8 Å². The van der Waals surface area contributed by atoms with Crippen molar-refractivity contribution >= 4 is 45.5 Å². The van der Waals surface area contributed by atoms with Crippen molar-refractivity contribution in [1.29, 1.82) is 0 Å². The van der Waals surface area contributed by atoms with Gasteiger partial charge in [-0.3, -0.25) is 13.9 Å². The lowest BCUT2D eigenvalue weighted by atomic mass is 10.2. The van der Waals surface area contributed by atoms with Gasteiger partial charge in [0.25, 0.3) is 0 Å². The third kappa shape index (κ3) is 8.60. The summed E-state index contributed by atoms with van der Waals surface area (Å²) in [6.07, 6.45) is 10.6. The third-order valence-electron chi connectivity index (χ3n) is 7.46. The van der Waals surface area contributed by atoms with Gasteiger partial charge >= 0.3 is 0 Å². The number of amides is 1. The highest BCUT2D eigenvalue weighted by molar-refractivity contribution is 7.84. The van der Waals surface area contributed by atoms with E-state index in [2.05, 4.69) is 30.8 Å². The van der Waals surface area contributed by atoms with Gasteiger partial charge in [-0.25, -0.2) is 4.98 Å². The highest BCUT2D eigenvalue weighted by Crippen LogP contribution is 2.45. The molecule has 3 atom stereocenters. The van der Waals surface area contributed by atoms with Crippen molar-refractivity contribution in [3.05, 3.63) is 66.9 Å². The third-order valence-corrected chi connectivity index (χ3v) is 8.38. The number of hydrogen-bond donors (Lipinski definition) is 3. The molecule has 0 spiro atoms. The number of nitrogens with one attached hydrogen (secondary N) is 3. The Morgan fingerprint density at radius 3 is 2.55 bits per heavy atom. The molecule has 3 N–H and O–H groups in total. The molecule has 10 nitrogen and oxygen atoms in total. The maximum absolute atomic E-state index is 12.6. The summed E-state index contributed by atoms with van der Waals surface area (Å²) in [7, 11) is 0.308. The first-order valence-electron chi connectivity index (χ1n) is 14.2. The van der Waals surface area contributed by atoms with E-state index in [1.54, 1.807) is 25.6 Å². The lowest BCUT2D eigenvalue weighted by molar-refractivity contribution is -0.111. The molecular formula is C31H38N6O4S. The average Bonchev–Trinajstić information content (AvgIpc) is 3.75. The Labute approximate surface area is 249 Å². The van der Waals surface area contributed by atoms with Gasteiger partial charge in [0.2, 0.25) is 11.9 Å². The van der Waals surface area contributed by atoms with Gasteiger partial charge in [0, 0.05) is 43.0 Å². The van der Waals surface area contributed by atoms with Gasteiger partial charge in [0.15, 0.2) is 5.82 Å². The molecule has 1 aliphatic heterocycles. The topological polar surface area (TPSA) is 118 Å². The number of ether oxygens (including phenoxy) is 2. The van der Waals surface area contributed by atoms with E-state index in [-0.39, 0.29) is 5.91 Å². The van der Waals surface area contributed by atoms with Crippen LogP contribution in [0.25, 0.3) is 0 Å².